The number of aliphatic carboxylic acids is 1. The lowest BCUT2D eigenvalue weighted by atomic mass is 9.78. The number of likely N-dealkylation sites (N-methyl/N-ethyl adjacent to an activating group) is 1. The number of amides is 2. The van der Waals surface area contributed by atoms with Crippen LogP contribution >= 0.6 is 0 Å². The zero-order valence-corrected chi connectivity index (χ0v) is 10.3. The third-order valence-electron chi connectivity index (χ3n) is 3.28. The number of carboxylic acid groups (broad SMARTS) is 1. The Bertz CT molecular complexity index is 344. The Morgan fingerprint density at radius 1 is 1.22 bits per heavy atom. The Morgan fingerprint density at radius 3 is 2.28 bits per heavy atom. The SMILES string of the molecule is CN(CC(=O)NO)C(=O)[C@H]1CCCC[C@@H]1C(=O)O. The predicted molar refractivity (Wildman–Crippen MR) is 60.7 cm³/mol. The van der Waals surface area contributed by atoms with E-state index in [2.05, 4.69) is 0 Å². The third-order valence-corrected chi connectivity index (χ3v) is 3.28. The molecule has 1 aliphatic rings. The number of hydrogen-bond acceptors (Lipinski definition) is 4. The first-order chi connectivity index (χ1) is 8.47. The largest absolute Gasteiger partial charge is 0.481 e. The van der Waals surface area contributed by atoms with E-state index in [4.69, 9.17) is 10.3 Å². The summed E-state index contributed by atoms with van der Waals surface area (Å²) in [4.78, 5) is 35.2. The summed E-state index contributed by atoms with van der Waals surface area (Å²) in [5.41, 5.74) is 1.44. The van der Waals surface area contributed by atoms with E-state index >= 15 is 0 Å². The Hall–Kier alpha value is -1.63. The molecular weight excluding hydrogens is 240 g/mol. The molecule has 1 rings (SSSR count). The third kappa shape index (κ3) is 3.43. The predicted octanol–water partition coefficient (Wildman–Crippen LogP) is -0.159. The molecule has 3 N–H and O–H groups in total. The lowest BCUT2D eigenvalue weighted by Gasteiger charge is -2.30. The minimum absolute atomic E-state index is 0.280. The second-order valence-electron chi connectivity index (χ2n) is 4.56. The Morgan fingerprint density at radius 2 is 1.78 bits per heavy atom. The smallest absolute Gasteiger partial charge is 0.307 e. The minimum Gasteiger partial charge on any atom is -0.481 e. The van der Waals surface area contributed by atoms with Gasteiger partial charge in [0.1, 0.15) is 6.54 Å². The van der Waals surface area contributed by atoms with E-state index in [0.29, 0.717) is 12.8 Å². The van der Waals surface area contributed by atoms with Crippen molar-refractivity contribution in [1.82, 2.24) is 10.4 Å². The van der Waals surface area contributed by atoms with Gasteiger partial charge in [0.15, 0.2) is 0 Å². The van der Waals surface area contributed by atoms with E-state index in [-0.39, 0.29) is 12.5 Å². The molecule has 18 heavy (non-hydrogen) atoms. The van der Waals surface area contributed by atoms with E-state index in [1.165, 1.54) is 12.5 Å². The van der Waals surface area contributed by atoms with Crippen molar-refractivity contribution in [1.29, 1.82) is 0 Å². The van der Waals surface area contributed by atoms with Crippen molar-refractivity contribution in [2.45, 2.75) is 25.7 Å². The van der Waals surface area contributed by atoms with Crippen LogP contribution in [0.4, 0.5) is 0 Å². The lowest BCUT2D eigenvalue weighted by Crippen LogP contribution is -2.44. The summed E-state index contributed by atoms with van der Waals surface area (Å²) in [6, 6.07) is 0. The molecule has 7 nitrogen and oxygen atoms in total. The summed E-state index contributed by atoms with van der Waals surface area (Å²) < 4.78 is 0. The van der Waals surface area contributed by atoms with Crippen molar-refractivity contribution in [3.05, 3.63) is 0 Å². The molecule has 102 valence electrons. The van der Waals surface area contributed by atoms with Crippen LogP contribution in [-0.2, 0) is 14.4 Å². The maximum atomic E-state index is 12.1. The second kappa shape index (κ2) is 6.34. The fraction of sp³-hybridized carbons (Fsp3) is 0.727. The molecule has 0 bridgehead atoms. The van der Waals surface area contributed by atoms with Crippen LogP contribution < -0.4 is 5.48 Å². The van der Waals surface area contributed by atoms with Crippen molar-refractivity contribution < 1.29 is 24.7 Å². The summed E-state index contributed by atoms with van der Waals surface area (Å²) >= 11 is 0. The van der Waals surface area contributed by atoms with Crippen molar-refractivity contribution >= 4 is 17.8 Å². The van der Waals surface area contributed by atoms with Crippen molar-refractivity contribution in [3.63, 3.8) is 0 Å². The minimum atomic E-state index is -0.965. The summed E-state index contributed by atoms with van der Waals surface area (Å²) in [5, 5.41) is 17.5. The van der Waals surface area contributed by atoms with Gasteiger partial charge in [0.2, 0.25) is 5.91 Å². The fourth-order valence-electron chi connectivity index (χ4n) is 2.33. The van der Waals surface area contributed by atoms with Crippen LogP contribution in [-0.4, -0.2) is 46.6 Å². The highest BCUT2D eigenvalue weighted by molar-refractivity contribution is 5.88. The molecule has 0 aromatic rings. The van der Waals surface area contributed by atoms with Crippen molar-refractivity contribution in [2.75, 3.05) is 13.6 Å². The molecule has 0 aromatic carbocycles. The van der Waals surface area contributed by atoms with E-state index < -0.39 is 23.7 Å². The molecule has 0 unspecified atom stereocenters. The normalized spacial score (nSPS) is 23.2. The summed E-state index contributed by atoms with van der Waals surface area (Å²) in [6.45, 7) is -0.280. The van der Waals surface area contributed by atoms with Gasteiger partial charge >= 0.3 is 5.97 Å². The zero-order valence-electron chi connectivity index (χ0n) is 10.3. The summed E-state index contributed by atoms with van der Waals surface area (Å²) in [5.74, 6) is -3.27. The van der Waals surface area contributed by atoms with Crippen LogP contribution in [0.3, 0.4) is 0 Å². The number of hydrogen-bond donors (Lipinski definition) is 3. The quantitative estimate of drug-likeness (QED) is 0.480. The molecule has 7 heteroatoms. The maximum absolute atomic E-state index is 12.1. The molecule has 0 heterocycles. The molecule has 1 fully saturated rings. The van der Waals surface area contributed by atoms with Gasteiger partial charge in [0.05, 0.1) is 11.8 Å². The second-order valence-corrected chi connectivity index (χ2v) is 4.56. The molecule has 0 radical (unpaired) electrons. The van der Waals surface area contributed by atoms with E-state index in [0.717, 1.165) is 17.7 Å². The van der Waals surface area contributed by atoms with Gasteiger partial charge in [-0.2, -0.15) is 0 Å². The molecule has 0 spiro atoms. The first kappa shape index (κ1) is 14.4. The molecule has 0 aromatic heterocycles. The van der Waals surface area contributed by atoms with Gasteiger partial charge in [-0.3, -0.25) is 19.6 Å². The Kier molecular flexibility index (Phi) is 5.08. The number of nitrogens with zero attached hydrogens (tertiary/aromatic N) is 1. The van der Waals surface area contributed by atoms with Gasteiger partial charge in [0.25, 0.3) is 5.91 Å². The van der Waals surface area contributed by atoms with Gasteiger partial charge in [0, 0.05) is 7.05 Å². The average molecular weight is 258 g/mol. The number of hydroxylamine groups is 1. The first-order valence-corrected chi connectivity index (χ1v) is 5.88. The summed E-state index contributed by atoms with van der Waals surface area (Å²) in [7, 11) is 1.42. The monoisotopic (exact) mass is 258 g/mol. The zero-order chi connectivity index (χ0) is 13.7. The lowest BCUT2D eigenvalue weighted by molar-refractivity contribution is -0.152. The van der Waals surface area contributed by atoms with Crippen LogP contribution in [0.15, 0.2) is 0 Å². The number of carboxylic acids is 1. The standard InChI is InChI=1S/C11H18N2O5/c1-13(6-9(14)12-18)10(15)7-4-2-3-5-8(7)11(16)17/h7-8,18H,2-6H2,1H3,(H,12,14)(H,16,17)/t7-,8-/m0/s1. The molecule has 0 saturated heterocycles. The average Bonchev–Trinajstić information content (AvgIpc) is 2.37. The van der Waals surface area contributed by atoms with E-state index in [1.807, 2.05) is 0 Å². The van der Waals surface area contributed by atoms with Crippen molar-refractivity contribution in [2.24, 2.45) is 11.8 Å². The maximum Gasteiger partial charge on any atom is 0.307 e. The number of nitrogens with one attached hydrogen (secondary N) is 1. The molecule has 2 amide bonds. The molecule has 2 atom stereocenters. The van der Waals surface area contributed by atoms with Crippen LogP contribution in [0.2, 0.25) is 0 Å². The van der Waals surface area contributed by atoms with E-state index in [1.54, 1.807) is 0 Å². The van der Waals surface area contributed by atoms with Gasteiger partial charge in [-0.25, -0.2) is 5.48 Å². The molecule has 0 aliphatic heterocycles. The van der Waals surface area contributed by atoms with Crippen LogP contribution in [0.1, 0.15) is 25.7 Å². The van der Waals surface area contributed by atoms with Crippen LogP contribution in [0.25, 0.3) is 0 Å². The Balaban J connectivity index is 2.68. The van der Waals surface area contributed by atoms with E-state index in [9.17, 15) is 14.4 Å². The topological polar surface area (TPSA) is 107 Å². The summed E-state index contributed by atoms with van der Waals surface area (Å²) in [6.07, 6.45) is 2.65. The highest BCUT2D eigenvalue weighted by Crippen LogP contribution is 2.31. The van der Waals surface area contributed by atoms with Crippen LogP contribution in [0.5, 0.6) is 0 Å². The van der Waals surface area contributed by atoms with Crippen molar-refractivity contribution in [3.8, 4) is 0 Å². The molecule has 1 saturated carbocycles. The molecular formula is C11H18N2O5. The first-order valence-electron chi connectivity index (χ1n) is 5.88. The van der Waals surface area contributed by atoms with Crippen LogP contribution in [0, 0.1) is 11.8 Å². The molecule has 1 aliphatic carbocycles. The highest BCUT2D eigenvalue weighted by atomic mass is 16.5. The van der Waals surface area contributed by atoms with Gasteiger partial charge < -0.3 is 10.0 Å². The number of rotatable bonds is 4. The van der Waals surface area contributed by atoms with Gasteiger partial charge in [-0.05, 0) is 12.8 Å². The Labute approximate surface area is 105 Å². The number of carbonyl (C=O) groups is 3. The highest BCUT2D eigenvalue weighted by Gasteiger charge is 2.37. The van der Waals surface area contributed by atoms with Gasteiger partial charge in [-0.15, -0.1) is 0 Å². The van der Waals surface area contributed by atoms with Gasteiger partial charge in [-0.1, -0.05) is 12.8 Å². The number of carbonyl (C=O) groups excluding carboxylic acids is 2. The fourth-order valence-corrected chi connectivity index (χ4v) is 2.33.